The van der Waals surface area contributed by atoms with E-state index in [4.69, 9.17) is 15.6 Å². The Bertz CT molecular complexity index is 630. The highest BCUT2D eigenvalue weighted by molar-refractivity contribution is 7.99. The number of nitrogens with one attached hydrogen (secondary N) is 1. The Morgan fingerprint density at radius 2 is 1.84 bits per heavy atom. The Kier molecular flexibility index (Phi) is 3.57. The number of oxazole rings is 1. The molecule has 0 aliphatic rings. The van der Waals surface area contributed by atoms with Gasteiger partial charge in [0.25, 0.3) is 5.22 Å². The summed E-state index contributed by atoms with van der Waals surface area (Å²) in [5.41, 5.74) is 8.66. The Hall–Kier alpha value is -1.89. The van der Waals surface area contributed by atoms with Crippen molar-refractivity contribution in [1.82, 2.24) is 15.2 Å². The van der Waals surface area contributed by atoms with Crippen molar-refractivity contribution in [2.45, 2.75) is 37.9 Å². The van der Waals surface area contributed by atoms with Gasteiger partial charge in [-0.05, 0) is 45.0 Å². The zero-order valence-corrected chi connectivity index (χ0v) is 12.1. The molecular weight excluding hydrogens is 262 g/mol. The molecule has 2 heterocycles. The average molecular weight is 277 g/mol. The molecule has 3 N–H and O–H groups in total. The van der Waals surface area contributed by atoms with Crippen LogP contribution in [0.3, 0.4) is 0 Å². The molecule has 0 fully saturated rings. The molecule has 0 spiro atoms. The third kappa shape index (κ3) is 2.60. The molecule has 0 unspecified atom stereocenters. The van der Waals surface area contributed by atoms with E-state index in [1.54, 1.807) is 0 Å². The second-order valence-corrected chi connectivity index (χ2v) is 5.17. The summed E-state index contributed by atoms with van der Waals surface area (Å²) in [5, 5.41) is 16.8. The summed E-state index contributed by atoms with van der Waals surface area (Å²) < 4.78 is 5.50. The Morgan fingerprint density at radius 3 is 2.37 bits per heavy atom. The van der Waals surface area contributed by atoms with Gasteiger partial charge in [-0.15, -0.1) is 5.10 Å². The number of hydrogen-bond donors (Lipinski definition) is 2. The first-order valence-electron chi connectivity index (χ1n) is 5.70. The molecule has 0 saturated carbocycles. The molecule has 0 aliphatic carbocycles. The van der Waals surface area contributed by atoms with Crippen LogP contribution in [0.2, 0.25) is 0 Å². The topological polar surface area (TPSA) is 102 Å². The molecule has 6 nitrogen and oxygen atoms in total. The SMILES string of the molecule is Cc1nc(Sc2nnc(C)c(C)c2C(=N)N)oc1C. The van der Waals surface area contributed by atoms with Crippen molar-refractivity contribution in [2.24, 2.45) is 5.73 Å². The van der Waals surface area contributed by atoms with E-state index < -0.39 is 0 Å². The van der Waals surface area contributed by atoms with Crippen molar-refractivity contribution in [1.29, 1.82) is 5.41 Å². The van der Waals surface area contributed by atoms with E-state index in [0.29, 0.717) is 15.8 Å². The van der Waals surface area contributed by atoms with Gasteiger partial charge in [0.05, 0.1) is 17.0 Å². The number of nitrogens with two attached hydrogens (primary N) is 1. The average Bonchev–Trinajstić information content (AvgIpc) is 2.63. The van der Waals surface area contributed by atoms with E-state index in [-0.39, 0.29) is 5.84 Å². The molecule has 0 atom stereocenters. The minimum atomic E-state index is -0.0296. The monoisotopic (exact) mass is 277 g/mol. The van der Waals surface area contributed by atoms with Gasteiger partial charge >= 0.3 is 0 Å². The van der Waals surface area contributed by atoms with Crippen molar-refractivity contribution in [2.75, 3.05) is 0 Å². The van der Waals surface area contributed by atoms with Crippen LogP contribution in [0.25, 0.3) is 0 Å². The molecular formula is C12H15N5OS. The van der Waals surface area contributed by atoms with Crippen LogP contribution in [0.15, 0.2) is 14.7 Å². The predicted molar refractivity (Wildman–Crippen MR) is 72.6 cm³/mol. The van der Waals surface area contributed by atoms with Gasteiger partial charge in [-0.1, -0.05) is 0 Å². The van der Waals surface area contributed by atoms with Crippen molar-refractivity contribution < 1.29 is 4.42 Å². The minimum Gasteiger partial charge on any atom is -0.436 e. The van der Waals surface area contributed by atoms with Gasteiger partial charge < -0.3 is 10.2 Å². The Labute approximate surface area is 115 Å². The van der Waals surface area contributed by atoms with Gasteiger partial charge in [0.1, 0.15) is 16.6 Å². The van der Waals surface area contributed by atoms with Crippen LogP contribution in [0, 0.1) is 33.1 Å². The largest absolute Gasteiger partial charge is 0.436 e. The van der Waals surface area contributed by atoms with Gasteiger partial charge in [-0.3, -0.25) is 5.41 Å². The van der Waals surface area contributed by atoms with Crippen LogP contribution < -0.4 is 5.73 Å². The Balaban J connectivity index is 2.45. The number of hydrogen-bond acceptors (Lipinski definition) is 6. The maximum absolute atomic E-state index is 7.67. The zero-order chi connectivity index (χ0) is 14.2. The number of rotatable bonds is 3. The molecule has 2 aromatic rings. The first kappa shape index (κ1) is 13.5. The summed E-state index contributed by atoms with van der Waals surface area (Å²) in [6.45, 7) is 7.44. The van der Waals surface area contributed by atoms with E-state index in [1.165, 1.54) is 11.8 Å². The van der Waals surface area contributed by atoms with Crippen LogP contribution in [-0.2, 0) is 0 Å². The standard InChI is InChI=1S/C12H15N5OS/c1-5-6(2)16-17-11(9(5)10(13)14)19-12-15-7(3)8(4)18-12/h1-4H3,(H3,13,14). The number of aryl methyl sites for hydroxylation is 3. The third-order valence-electron chi connectivity index (χ3n) is 2.88. The van der Waals surface area contributed by atoms with E-state index in [2.05, 4.69) is 15.2 Å². The smallest absolute Gasteiger partial charge is 0.262 e. The first-order chi connectivity index (χ1) is 8.90. The lowest BCUT2D eigenvalue weighted by Crippen LogP contribution is -2.16. The van der Waals surface area contributed by atoms with E-state index >= 15 is 0 Å². The van der Waals surface area contributed by atoms with Crippen molar-refractivity contribution >= 4 is 17.6 Å². The quantitative estimate of drug-likeness (QED) is 0.658. The normalized spacial score (nSPS) is 10.7. The highest BCUT2D eigenvalue weighted by Gasteiger charge is 2.17. The summed E-state index contributed by atoms with van der Waals surface area (Å²) >= 11 is 1.23. The molecule has 0 aliphatic heterocycles. The number of nitrogen functional groups attached to an aromatic ring is 1. The summed E-state index contributed by atoms with van der Waals surface area (Å²) in [6, 6.07) is 0. The fourth-order valence-corrected chi connectivity index (χ4v) is 2.51. The molecule has 2 rings (SSSR count). The minimum absolute atomic E-state index is 0.0296. The van der Waals surface area contributed by atoms with E-state index in [1.807, 2.05) is 27.7 Å². The van der Waals surface area contributed by atoms with Gasteiger partial charge in [-0.25, -0.2) is 4.98 Å². The fraction of sp³-hybridized carbons (Fsp3) is 0.333. The van der Waals surface area contributed by atoms with Crippen molar-refractivity contribution in [3.8, 4) is 0 Å². The first-order valence-corrected chi connectivity index (χ1v) is 6.52. The van der Waals surface area contributed by atoms with Crippen LogP contribution in [0.1, 0.15) is 28.3 Å². The summed E-state index contributed by atoms with van der Waals surface area (Å²) in [4.78, 5) is 4.28. The second kappa shape index (κ2) is 5.00. The Morgan fingerprint density at radius 1 is 1.16 bits per heavy atom. The molecule has 0 aromatic carbocycles. The molecule has 0 radical (unpaired) electrons. The highest BCUT2D eigenvalue weighted by atomic mass is 32.2. The maximum Gasteiger partial charge on any atom is 0.262 e. The number of nitrogens with zero attached hydrogens (tertiary/aromatic N) is 3. The van der Waals surface area contributed by atoms with E-state index in [9.17, 15) is 0 Å². The molecule has 19 heavy (non-hydrogen) atoms. The fourth-order valence-electron chi connectivity index (χ4n) is 1.55. The van der Waals surface area contributed by atoms with Crippen molar-refractivity contribution in [3.63, 3.8) is 0 Å². The molecule has 0 bridgehead atoms. The number of aromatic nitrogens is 3. The van der Waals surface area contributed by atoms with Crippen molar-refractivity contribution in [3.05, 3.63) is 28.3 Å². The predicted octanol–water partition coefficient (Wildman–Crippen LogP) is 2.13. The summed E-state index contributed by atoms with van der Waals surface area (Å²) in [5.74, 6) is 0.738. The molecule has 0 saturated heterocycles. The zero-order valence-electron chi connectivity index (χ0n) is 11.2. The molecule has 2 aromatic heterocycles. The van der Waals surface area contributed by atoms with Gasteiger partial charge in [0.2, 0.25) is 0 Å². The molecule has 7 heteroatoms. The van der Waals surface area contributed by atoms with Crippen LogP contribution in [-0.4, -0.2) is 21.0 Å². The lowest BCUT2D eigenvalue weighted by Gasteiger charge is -2.09. The van der Waals surface area contributed by atoms with E-state index in [0.717, 1.165) is 22.7 Å². The summed E-state index contributed by atoms with van der Waals surface area (Å²) in [7, 11) is 0. The van der Waals surface area contributed by atoms with Gasteiger partial charge in [-0.2, -0.15) is 5.10 Å². The highest BCUT2D eigenvalue weighted by Crippen LogP contribution is 2.30. The lowest BCUT2D eigenvalue weighted by molar-refractivity contribution is 0.430. The summed E-state index contributed by atoms with van der Waals surface area (Å²) in [6.07, 6.45) is 0. The number of amidine groups is 1. The molecule has 0 amide bonds. The second-order valence-electron chi connectivity index (χ2n) is 4.23. The van der Waals surface area contributed by atoms with Crippen LogP contribution >= 0.6 is 11.8 Å². The lowest BCUT2D eigenvalue weighted by atomic mass is 10.1. The van der Waals surface area contributed by atoms with Gasteiger partial charge in [0.15, 0.2) is 0 Å². The third-order valence-corrected chi connectivity index (χ3v) is 3.71. The molecule has 100 valence electrons. The van der Waals surface area contributed by atoms with Crippen LogP contribution in [0.4, 0.5) is 0 Å². The van der Waals surface area contributed by atoms with Gasteiger partial charge in [0, 0.05) is 0 Å². The maximum atomic E-state index is 7.67. The van der Waals surface area contributed by atoms with Crippen LogP contribution in [0.5, 0.6) is 0 Å².